The highest BCUT2D eigenvalue weighted by atomic mass is 16.6. The van der Waals surface area contributed by atoms with Crippen molar-refractivity contribution in [2.24, 2.45) is 5.73 Å². The van der Waals surface area contributed by atoms with Gasteiger partial charge < -0.3 is 26.4 Å². The van der Waals surface area contributed by atoms with Gasteiger partial charge in [0, 0.05) is 13.1 Å². The molecule has 0 aliphatic carbocycles. The minimum Gasteiger partial charge on any atom is -0.444 e. The second-order valence-electron chi connectivity index (χ2n) is 8.33. The summed E-state index contributed by atoms with van der Waals surface area (Å²) in [5, 5.41) is 9.72. The molecule has 0 bridgehead atoms. The fourth-order valence-corrected chi connectivity index (χ4v) is 3.10. The molecule has 1 heterocycles. The maximum Gasteiger partial charge on any atom is 0.410 e. The summed E-state index contributed by atoms with van der Waals surface area (Å²) in [6.45, 7) is 11.3. The monoisotopic (exact) mass is 399 g/mol. The number of rotatable bonds is 13. The highest BCUT2D eigenvalue weighted by Crippen LogP contribution is 2.20. The SMILES string of the molecule is CC(C)(C)OC(=O)N1CCC[C@H]1C(=O)NCCCNCCCCNCCCN. The normalized spacial score (nSPS) is 17.0. The Morgan fingerprint density at radius 3 is 2.21 bits per heavy atom. The van der Waals surface area contributed by atoms with Crippen LogP contribution in [-0.2, 0) is 9.53 Å². The first-order valence-electron chi connectivity index (χ1n) is 10.7. The van der Waals surface area contributed by atoms with Gasteiger partial charge in [-0.3, -0.25) is 9.69 Å². The van der Waals surface area contributed by atoms with Crippen molar-refractivity contribution in [3.05, 3.63) is 0 Å². The predicted octanol–water partition coefficient (Wildman–Crippen LogP) is 1.20. The second-order valence-corrected chi connectivity index (χ2v) is 8.33. The first-order valence-corrected chi connectivity index (χ1v) is 10.7. The number of hydrogen-bond donors (Lipinski definition) is 4. The molecule has 0 unspecified atom stereocenters. The number of likely N-dealkylation sites (tertiary alicyclic amines) is 1. The largest absolute Gasteiger partial charge is 0.444 e. The standard InChI is InChI=1S/C20H41N5O3/c1-20(2,3)28-19(27)25-16-6-9-17(25)18(26)24-15-8-14-23-12-5-4-11-22-13-7-10-21/h17,22-23H,4-16,21H2,1-3H3,(H,24,26)/t17-/m0/s1. The molecule has 1 rings (SSSR count). The number of carbonyl (C=O) groups excluding carboxylic acids is 2. The van der Waals surface area contributed by atoms with Gasteiger partial charge in [-0.15, -0.1) is 0 Å². The Morgan fingerprint density at radius 2 is 1.61 bits per heavy atom. The lowest BCUT2D eigenvalue weighted by molar-refractivity contribution is -0.125. The van der Waals surface area contributed by atoms with Gasteiger partial charge in [-0.25, -0.2) is 4.79 Å². The fourth-order valence-electron chi connectivity index (χ4n) is 3.10. The Balaban J connectivity index is 2.07. The molecule has 0 radical (unpaired) electrons. The summed E-state index contributed by atoms with van der Waals surface area (Å²) in [7, 11) is 0. The van der Waals surface area contributed by atoms with E-state index in [1.54, 1.807) is 4.90 Å². The number of nitrogens with one attached hydrogen (secondary N) is 3. The number of carbonyl (C=O) groups is 2. The van der Waals surface area contributed by atoms with Crippen molar-refractivity contribution in [2.45, 2.75) is 70.9 Å². The summed E-state index contributed by atoms with van der Waals surface area (Å²) in [4.78, 5) is 26.2. The van der Waals surface area contributed by atoms with Crippen molar-refractivity contribution in [3.8, 4) is 0 Å². The summed E-state index contributed by atoms with van der Waals surface area (Å²) in [6, 6.07) is -0.408. The molecule has 1 fully saturated rings. The van der Waals surface area contributed by atoms with E-state index in [-0.39, 0.29) is 5.91 Å². The Kier molecular flexibility index (Phi) is 12.1. The predicted molar refractivity (Wildman–Crippen MR) is 112 cm³/mol. The zero-order valence-electron chi connectivity index (χ0n) is 18.0. The third-order valence-corrected chi connectivity index (χ3v) is 4.53. The maximum absolute atomic E-state index is 12.4. The third kappa shape index (κ3) is 10.8. The van der Waals surface area contributed by atoms with Crippen molar-refractivity contribution >= 4 is 12.0 Å². The molecular formula is C20H41N5O3. The van der Waals surface area contributed by atoms with Gasteiger partial charge in [0.2, 0.25) is 5.91 Å². The van der Waals surface area contributed by atoms with Gasteiger partial charge in [-0.1, -0.05) is 0 Å². The van der Waals surface area contributed by atoms with Crippen LogP contribution in [0.5, 0.6) is 0 Å². The van der Waals surface area contributed by atoms with E-state index in [0.717, 1.165) is 64.8 Å². The number of unbranched alkanes of at least 4 members (excludes halogenated alkanes) is 1. The lowest BCUT2D eigenvalue weighted by Gasteiger charge is -2.28. The Morgan fingerprint density at radius 1 is 1.00 bits per heavy atom. The number of ether oxygens (including phenoxy) is 1. The summed E-state index contributed by atoms with van der Waals surface area (Å²) in [5.74, 6) is -0.0769. The van der Waals surface area contributed by atoms with E-state index >= 15 is 0 Å². The van der Waals surface area contributed by atoms with Gasteiger partial charge >= 0.3 is 6.09 Å². The average molecular weight is 400 g/mol. The molecule has 0 aromatic heterocycles. The van der Waals surface area contributed by atoms with Gasteiger partial charge in [-0.05, 0) is 92.0 Å². The molecule has 28 heavy (non-hydrogen) atoms. The molecule has 164 valence electrons. The van der Waals surface area contributed by atoms with Crippen molar-refractivity contribution in [3.63, 3.8) is 0 Å². The van der Waals surface area contributed by atoms with Crippen LogP contribution in [0.1, 0.15) is 59.3 Å². The summed E-state index contributed by atoms with van der Waals surface area (Å²) in [6.07, 6.45) is 5.32. The molecule has 2 amide bonds. The molecular weight excluding hydrogens is 358 g/mol. The summed E-state index contributed by atoms with van der Waals surface area (Å²) < 4.78 is 5.41. The van der Waals surface area contributed by atoms with E-state index in [2.05, 4.69) is 16.0 Å². The lowest BCUT2D eigenvalue weighted by atomic mass is 10.2. The molecule has 8 heteroatoms. The molecule has 0 aromatic rings. The molecule has 0 aromatic carbocycles. The van der Waals surface area contributed by atoms with E-state index in [1.807, 2.05) is 20.8 Å². The highest BCUT2D eigenvalue weighted by molar-refractivity contribution is 5.86. The molecule has 8 nitrogen and oxygen atoms in total. The second kappa shape index (κ2) is 13.7. The minimum atomic E-state index is -0.549. The van der Waals surface area contributed by atoms with Crippen molar-refractivity contribution in [1.29, 1.82) is 0 Å². The van der Waals surface area contributed by atoms with Gasteiger partial charge in [0.15, 0.2) is 0 Å². The van der Waals surface area contributed by atoms with Crippen LogP contribution in [0, 0.1) is 0 Å². The highest BCUT2D eigenvalue weighted by Gasteiger charge is 2.36. The van der Waals surface area contributed by atoms with Gasteiger partial charge in [-0.2, -0.15) is 0 Å². The molecule has 1 saturated heterocycles. The van der Waals surface area contributed by atoms with Crippen LogP contribution in [0.25, 0.3) is 0 Å². The Labute approximate surface area is 170 Å². The third-order valence-electron chi connectivity index (χ3n) is 4.53. The van der Waals surface area contributed by atoms with Crippen molar-refractivity contribution in [2.75, 3.05) is 45.8 Å². The number of hydrogen-bond acceptors (Lipinski definition) is 6. The fraction of sp³-hybridized carbons (Fsp3) is 0.900. The number of nitrogens with zero attached hydrogens (tertiary/aromatic N) is 1. The topological polar surface area (TPSA) is 109 Å². The summed E-state index contributed by atoms with van der Waals surface area (Å²) >= 11 is 0. The first-order chi connectivity index (χ1) is 13.3. The van der Waals surface area contributed by atoms with Crippen LogP contribution >= 0.6 is 0 Å². The molecule has 5 N–H and O–H groups in total. The lowest BCUT2D eigenvalue weighted by Crippen LogP contribution is -2.47. The van der Waals surface area contributed by atoms with E-state index in [9.17, 15) is 9.59 Å². The molecule has 0 saturated carbocycles. The zero-order chi connectivity index (χ0) is 20.8. The van der Waals surface area contributed by atoms with Crippen LogP contribution < -0.4 is 21.7 Å². The minimum absolute atomic E-state index is 0.0769. The Hall–Kier alpha value is -1.38. The molecule has 0 spiro atoms. The van der Waals surface area contributed by atoms with Crippen LogP contribution in [0.3, 0.4) is 0 Å². The zero-order valence-corrected chi connectivity index (χ0v) is 18.0. The van der Waals surface area contributed by atoms with Crippen LogP contribution in [0.2, 0.25) is 0 Å². The maximum atomic E-state index is 12.4. The Bertz CT molecular complexity index is 454. The summed E-state index contributed by atoms with van der Waals surface area (Å²) in [5.41, 5.74) is 4.90. The molecule has 1 aliphatic heterocycles. The van der Waals surface area contributed by atoms with E-state index in [1.165, 1.54) is 0 Å². The number of amides is 2. The molecule has 1 atom stereocenters. The van der Waals surface area contributed by atoms with Gasteiger partial charge in [0.05, 0.1) is 0 Å². The van der Waals surface area contributed by atoms with Crippen molar-refractivity contribution in [1.82, 2.24) is 20.9 Å². The quantitative estimate of drug-likeness (QED) is 0.347. The first kappa shape index (κ1) is 24.7. The van der Waals surface area contributed by atoms with Crippen molar-refractivity contribution < 1.29 is 14.3 Å². The number of nitrogens with two attached hydrogens (primary N) is 1. The average Bonchev–Trinajstić information content (AvgIpc) is 3.11. The van der Waals surface area contributed by atoms with Crippen LogP contribution in [0.4, 0.5) is 4.79 Å². The van der Waals surface area contributed by atoms with Crippen LogP contribution in [0.15, 0.2) is 0 Å². The van der Waals surface area contributed by atoms with Gasteiger partial charge in [0.25, 0.3) is 0 Å². The van der Waals surface area contributed by atoms with Gasteiger partial charge in [0.1, 0.15) is 11.6 Å². The molecule has 1 aliphatic rings. The smallest absolute Gasteiger partial charge is 0.410 e. The van der Waals surface area contributed by atoms with E-state index in [4.69, 9.17) is 10.5 Å². The van der Waals surface area contributed by atoms with Crippen LogP contribution in [-0.4, -0.2) is 74.4 Å². The van der Waals surface area contributed by atoms with E-state index < -0.39 is 17.7 Å². The van der Waals surface area contributed by atoms with E-state index in [0.29, 0.717) is 19.5 Å².